The molecule has 0 aliphatic carbocycles. The number of amides is 1. The highest BCUT2D eigenvalue weighted by atomic mass is 16.5. The van der Waals surface area contributed by atoms with Gasteiger partial charge in [0, 0.05) is 24.5 Å². The Bertz CT molecular complexity index is 643. The molecule has 1 unspecified atom stereocenters. The van der Waals surface area contributed by atoms with Gasteiger partial charge >= 0.3 is 0 Å². The fourth-order valence-electron chi connectivity index (χ4n) is 2.27. The van der Waals surface area contributed by atoms with Crippen LogP contribution in [0.5, 0.6) is 5.75 Å². The Morgan fingerprint density at radius 1 is 1.35 bits per heavy atom. The standard InChI is InChI=1S/C17H19N3O3/c21-17(16-12-22-9-8-19-16)20-13-5-3-6-15(10-13)23-11-14-4-1-2-7-18-14/h1-7,10,16,19H,8-9,11-12H2,(H,20,21). The summed E-state index contributed by atoms with van der Waals surface area (Å²) in [7, 11) is 0. The van der Waals surface area contributed by atoms with E-state index >= 15 is 0 Å². The van der Waals surface area contributed by atoms with E-state index < -0.39 is 0 Å². The van der Waals surface area contributed by atoms with Crippen LogP contribution in [-0.2, 0) is 16.1 Å². The quantitative estimate of drug-likeness (QED) is 0.877. The maximum absolute atomic E-state index is 12.2. The molecule has 6 nitrogen and oxygen atoms in total. The van der Waals surface area contributed by atoms with Crippen LogP contribution in [0.1, 0.15) is 5.69 Å². The minimum Gasteiger partial charge on any atom is -0.487 e. The van der Waals surface area contributed by atoms with E-state index in [1.54, 1.807) is 12.3 Å². The molecule has 2 heterocycles. The predicted octanol–water partition coefficient (Wildman–Crippen LogP) is 1.59. The zero-order valence-electron chi connectivity index (χ0n) is 12.7. The highest BCUT2D eigenvalue weighted by Crippen LogP contribution is 2.18. The molecule has 0 spiro atoms. The van der Waals surface area contributed by atoms with Crippen molar-refractivity contribution in [3.8, 4) is 5.75 Å². The lowest BCUT2D eigenvalue weighted by Crippen LogP contribution is -2.48. The molecule has 1 amide bonds. The molecule has 1 aromatic heterocycles. The van der Waals surface area contributed by atoms with Crippen molar-refractivity contribution in [1.29, 1.82) is 0 Å². The number of anilines is 1. The predicted molar refractivity (Wildman–Crippen MR) is 86.3 cm³/mol. The van der Waals surface area contributed by atoms with Crippen LogP contribution in [0, 0.1) is 0 Å². The number of rotatable bonds is 5. The maximum Gasteiger partial charge on any atom is 0.243 e. The third-order valence-electron chi connectivity index (χ3n) is 3.45. The molecule has 1 aliphatic rings. The highest BCUT2D eigenvalue weighted by molar-refractivity contribution is 5.95. The van der Waals surface area contributed by atoms with Gasteiger partial charge in [0.15, 0.2) is 0 Å². The summed E-state index contributed by atoms with van der Waals surface area (Å²) in [5.41, 5.74) is 1.55. The largest absolute Gasteiger partial charge is 0.487 e. The summed E-state index contributed by atoms with van der Waals surface area (Å²) in [6.45, 7) is 2.10. The third-order valence-corrected chi connectivity index (χ3v) is 3.45. The summed E-state index contributed by atoms with van der Waals surface area (Å²) in [5.74, 6) is 0.577. The van der Waals surface area contributed by atoms with Gasteiger partial charge in [-0.25, -0.2) is 0 Å². The number of nitrogens with zero attached hydrogens (tertiary/aromatic N) is 1. The van der Waals surface area contributed by atoms with E-state index in [1.807, 2.05) is 36.4 Å². The normalized spacial score (nSPS) is 17.5. The van der Waals surface area contributed by atoms with Gasteiger partial charge in [0.05, 0.1) is 18.9 Å². The van der Waals surface area contributed by atoms with Crippen molar-refractivity contribution in [2.45, 2.75) is 12.6 Å². The fourth-order valence-corrected chi connectivity index (χ4v) is 2.27. The molecule has 23 heavy (non-hydrogen) atoms. The Morgan fingerprint density at radius 2 is 2.30 bits per heavy atom. The molecule has 2 N–H and O–H groups in total. The van der Waals surface area contributed by atoms with Crippen LogP contribution in [-0.4, -0.2) is 36.7 Å². The summed E-state index contributed by atoms with van der Waals surface area (Å²) >= 11 is 0. The van der Waals surface area contributed by atoms with Crippen LogP contribution in [0.25, 0.3) is 0 Å². The first-order valence-electron chi connectivity index (χ1n) is 7.56. The minimum atomic E-state index is -0.318. The van der Waals surface area contributed by atoms with Crippen molar-refractivity contribution in [1.82, 2.24) is 10.3 Å². The highest BCUT2D eigenvalue weighted by Gasteiger charge is 2.21. The van der Waals surface area contributed by atoms with Crippen molar-refractivity contribution in [3.63, 3.8) is 0 Å². The molecule has 1 fully saturated rings. The average molecular weight is 313 g/mol. The van der Waals surface area contributed by atoms with Crippen LogP contribution in [0.2, 0.25) is 0 Å². The van der Waals surface area contributed by atoms with Crippen LogP contribution in [0.15, 0.2) is 48.7 Å². The van der Waals surface area contributed by atoms with E-state index in [1.165, 1.54) is 0 Å². The second-order valence-electron chi connectivity index (χ2n) is 5.21. The summed E-state index contributed by atoms with van der Waals surface area (Å²) in [4.78, 5) is 16.4. The fraction of sp³-hybridized carbons (Fsp3) is 0.294. The molecular weight excluding hydrogens is 294 g/mol. The molecule has 1 saturated heterocycles. The second-order valence-corrected chi connectivity index (χ2v) is 5.21. The van der Waals surface area contributed by atoms with Gasteiger partial charge in [-0.3, -0.25) is 9.78 Å². The number of benzene rings is 1. The topological polar surface area (TPSA) is 72.5 Å². The number of nitrogens with one attached hydrogen (secondary N) is 2. The Labute approximate surface area is 134 Å². The first-order valence-corrected chi connectivity index (χ1v) is 7.56. The third kappa shape index (κ3) is 4.51. The number of ether oxygens (including phenoxy) is 2. The number of pyridine rings is 1. The van der Waals surface area contributed by atoms with Gasteiger partial charge in [-0.2, -0.15) is 0 Å². The van der Waals surface area contributed by atoms with Gasteiger partial charge in [-0.1, -0.05) is 12.1 Å². The van der Waals surface area contributed by atoms with E-state index in [-0.39, 0.29) is 11.9 Å². The molecule has 1 aromatic carbocycles. The number of morpholine rings is 1. The summed E-state index contributed by atoms with van der Waals surface area (Å²) in [5, 5.41) is 6.00. The lowest BCUT2D eigenvalue weighted by atomic mass is 10.2. The Kier molecular flexibility index (Phi) is 5.18. The molecule has 1 atom stereocenters. The van der Waals surface area contributed by atoms with Gasteiger partial charge in [-0.05, 0) is 24.3 Å². The van der Waals surface area contributed by atoms with Crippen molar-refractivity contribution in [2.75, 3.05) is 25.1 Å². The lowest BCUT2D eigenvalue weighted by molar-refractivity contribution is -0.120. The number of hydrogen-bond acceptors (Lipinski definition) is 5. The molecular formula is C17H19N3O3. The zero-order valence-corrected chi connectivity index (χ0v) is 12.7. The number of carbonyl (C=O) groups is 1. The number of hydrogen-bond donors (Lipinski definition) is 2. The summed E-state index contributed by atoms with van der Waals surface area (Å²) < 4.78 is 11.0. The molecule has 3 rings (SSSR count). The van der Waals surface area contributed by atoms with Crippen molar-refractivity contribution >= 4 is 11.6 Å². The van der Waals surface area contributed by atoms with Gasteiger partial charge < -0.3 is 20.1 Å². The van der Waals surface area contributed by atoms with Crippen LogP contribution < -0.4 is 15.4 Å². The summed E-state index contributed by atoms with van der Waals surface area (Å²) in [6.07, 6.45) is 1.73. The average Bonchev–Trinajstić information content (AvgIpc) is 2.62. The molecule has 120 valence electrons. The second kappa shape index (κ2) is 7.71. The Balaban J connectivity index is 1.57. The molecule has 1 aliphatic heterocycles. The van der Waals surface area contributed by atoms with Crippen LogP contribution in [0.4, 0.5) is 5.69 Å². The molecule has 0 saturated carbocycles. The first kappa shape index (κ1) is 15.5. The zero-order chi connectivity index (χ0) is 15.9. The first-order chi connectivity index (χ1) is 11.3. The van der Waals surface area contributed by atoms with Gasteiger partial charge in [0.1, 0.15) is 18.4 Å². The van der Waals surface area contributed by atoms with E-state index in [0.29, 0.717) is 37.8 Å². The maximum atomic E-state index is 12.2. The van der Waals surface area contributed by atoms with Gasteiger partial charge in [0.2, 0.25) is 5.91 Å². The summed E-state index contributed by atoms with van der Waals surface area (Å²) in [6, 6.07) is 12.7. The molecule has 0 radical (unpaired) electrons. The van der Waals surface area contributed by atoms with E-state index in [0.717, 1.165) is 5.69 Å². The molecule has 0 bridgehead atoms. The van der Waals surface area contributed by atoms with E-state index in [2.05, 4.69) is 15.6 Å². The molecule has 6 heteroatoms. The Morgan fingerprint density at radius 3 is 3.09 bits per heavy atom. The van der Waals surface area contributed by atoms with Gasteiger partial charge in [-0.15, -0.1) is 0 Å². The minimum absolute atomic E-state index is 0.105. The van der Waals surface area contributed by atoms with E-state index in [9.17, 15) is 4.79 Å². The smallest absolute Gasteiger partial charge is 0.243 e. The van der Waals surface area contributed by atoms with E-state index in [4.69, 9.17) is 9.47 Å². The van der Waals surface area contributed by atoms with Gasteiger partial charge in [0.25, 0.3) is 0 Å². The van der Waals surface area contributed by atoms with Crippen molar-refractivity contribution < 1.29 is 14.3 Å². The van der Waals surface area contributed by atoms with Crippen LogP contribution in [0.3, 0.4) is 0 Å². The van der Waals surface area contributed by atoms with Crippen molar-refractivity contribution in [3.05, 3.63) is 54.4 Å². The lowest BCUT2D eigenvalue weighted by Gasteiger charge is -2.23. The monoisotopic (exact) mass is 313 g/mol. The van der Waals surface area contributed by atoms with Crippen molar-refractivity contribution in [2.24, 2.45) is 0 Å². The van der Waals surface area contributed by atoms with Crippen LogP contribution >= 0.6 is 0 Å². The number of aromatic nitrogens is 1. The SMILES string of the molecule is O=C(Nc1cccc(OCc2ccccn2)c1)C1COCCN1. The number of carbonyl (C=O) groups excluding carboxylic acids is 1. The molecule has 2 aromatic rings. The Hall–Kier alpha value is -2.44.